The highest BCUT2D eigenvalue weighted by atomic mass is 16.5. The van der Waals surface area contributed by atoms with E-state index in [9.17, 15) is 4.79 Å². The number of anilines is 1. The summed E-state index contributed by atoms with van der Waals surface area (Å²) in [6, 6.07) is 24.6. The van der Waals surface area contributed by atoms with Gasteiger partial charge in [-0.25, -0.2) is 4.98 Å². The number of rotatable bonds is 5. The molecule has 0 aliphatic heterocycles. The third kappa shape index (κ3) is 3.57. The van der Waals surface area contributed by atoms with Crippen LogP contribution in [0.1, 0.15) is 5.82 Å². The van der Waals surface area contributed by atoms with Crippen LogP contribution in [0.4, 0.5) is 5.69 Å². The molecule has 0 amide bonds. The molecule has 26 heavy (non-hydrogen) atoms. The second-order valence-corrected chi connectivity index (χ2v) is 5.82. The van der Waals surface area contributed by atoms with Crippen molar-refractivity contribution in [3.63, 3.8) is 0 Å². The lowest BCUT2D eigenvalue weighted by Gasteiger charge is -2.09. The van der Waals surface area contributed by atoms with Crippen LogP contribution in [0.3, 0.4) is 0 Å². The zero-order valence-corrected chi connectivity index (χ0v) is 14.0. The van der Waals surface area contributed by atoms with Crippen LogP contribution in [0, 0.1) is 0 Å². The number of benzene rings is 3. The molecular formula is C21H17N3O2. The molecule has 0 fully saturated rings. The lowest BCUT2D eigenvalue weighted by molar-refractivity contribution is 0.483. The summed E-state index contributed by atoms with van der Waals surface area (Å²) in [6.07, 6.45) is 0. The molecule has 0 bridgehead atoms. The molecule has 3 aromatic carbocycles. The summed E-state index contributed by atoms with van der Waals surface area (Å²) in [6.45, 7) is 0.430. The summed E-state index contributed by atoms with van der Waals surface area (Å²) < 4.78 is 5.77. The van der Waals surface area contributed by atoms with E-state index in [2.05, 4.69) is 15.3 Å². The number of H-pyrrole nitrogens is 1. The van der Waals surface area contributed by atoms with Gasteiger partial charge in [0, 0.05) is 5.69 Å². The van der Waals surface area contributed by atoms with Crippen LogP contribution in [0.15, 0.2) is 83.7 Å². The van der Waals surface area contributed by atoms with Gasteiger partial charge in [0.2, 0.25) is 0 Å². The van der Waals surface area contributed by atoms with Crippen molar-refractivity contribution in [3.05, 3.63) is 95.0 Å². The fourth-order valence-corrected chi connectivity index (χ4v) is 2.67. The number of hydrogen-bond acceptors (Lipinski definition) is 4. The van der Waals surface area contributed by atoms with Gasteiger partial charge in [-0.1, -0.05) is 30.3 Å². The van der Waals surface area contributed by atoms with Gasteiger partial charge in [-0.3, -0.25) is 4.79 Å². The number of hydrogen-bond donors (Lipinski definition) is 2. The molecule has 1 aromatic heterocycles. The minimum Gasteiger partial charge on any atom is -0.457 e. The maximum Gasteiger partial charge on any atom is 0.258 e. The zero-order valence-electron chi connectivity index (χ0n) is 14.0. The smallest absolute Gasteiger partial charge is 0.258 e. The Kier molecular flexibility index (Phi) is 4.35. The van der Waals surface area contributed by atoms with Crippen molar-refractivity contribution >= 4 is 16.6 Å². The molecule has 0 saturated heterocycles. The Bertz CT molecular complexity index is 1070. The van der Waals surface area contributed by atoms with E-state index in [0.29, 0.717) is 23.3 Å². The largest absolute Gasteiger partial charge is 0.457 e. The van der Waals surface area contributed by atoms with Crippen molar-refractivity contribution in [1.82, 2.24) is 9.97 Å². The summed E-state index contributed by atoms with van der Waals surface area (Å²) >= 11 is 0. The van der Waals surface area contributed by atoms with E-state index in [1.54, 1.807) is 6.07 Å². The summed E-state index contributed by atoms with van der Waals surface area (Å²) in [5.74, 6) is 2.16. The number of nitrogens with zero attached hydrogens (tertiary/aromatic N) is 1. The Morgan fingerprint density at radius 2 is 1.54 bits per heavy atom. The van der Waals surface area contributed by atoms with Gasteiger partial charge < -0.3 is 15.0 Å². The Morgan fingerprint density at radius 1 is 0.846 bits per heavy atom. The van der Waals surface area contributed by atoms with E-state index >= 15 is 0 Å². The molecular weight excluding hydrogens is 326 g/mol. The van der Waals surface area contributed by atoms with E-state index in [1.807, 2.05) is 72.8 Å². The molecule has 0 saturated carbocycles. The van der Waals surface area contributed by atoms with Crippen LogP contribution in [0.25, 0.3) is 10.9 Å². The van der Waals surface area contributed by atoms with E-state index in [0.717, 1.165) is 17.2 Å². The fraction of sp³-hybridized carbons (Fsp3) is 0.0476. The summed E-state index contributed by atoms with van der Waals surface area (Å²) in [5.41, 5.74) is 1.49. The van der Waals surface area contributed by atoms with Crippen LogP contribution in [-0.2, 0) is 6.54 Å². The summed E-state index contributed by atoms with van der Waals surface area (Å²) in [4.78, 5) is 19.4. The highest BCUT2D eigenvalue weighted by molar-refractivity contribution is 5.77. The van der Waals surface area contributed by atoms with Gasteiger partial charge >= 0.3 is 0 Å². The van der Waals surface area contributed by atoms with Crippen LogP contribution in [0.2, 0.25) is 0 Å². The molecule has 0 spiro atoms. The van der Waals surface area contributed by atoms with Gasteiger partial charge in [0.25, 0.3) is 5.56 Å². The third-order valence-electron chi connectivity index (χ3n) is 3.96. The highest BCUT2D eigenvalue weighted by Gasteiger charge is 2.03. The van der Waals surface area contributed by atoms with Crippen molar-refractivity contribution in [2.75, 3.05) is 5.32 Å². The summed E-state index contributed by atoms with van der Waals surface area (Å²) in [5, 5.41) is 3.85. The Balaban J connectivity index is 1.44. The first-order valence-electron chi connectivity index (χ1n) is 8.33. The SMILES string of the molecule is O=c1[nH]c(CNc2ccc(Oc3ccccc3)cc2)nc2ccccc12. The second-order valence-electron chi connectivity index (χ2n) is 5.82. The molecule has 0 atom stereocenters. The summed E-state index contributed by atoms with van der Waals surface area (Å²) in [7, 11) is 0. The standard InChI is InChI=1S/C21H17N3O2/c25-21-18-8-4-5-9-19(18)23-20(24-21)14-22-15-10-12-17(13-11-15)26-16-6-2-1-3-7-16/h1-13,22H,14H2,(H,23,24,25). The number of aromatic nitrogens is 2. The minimum atomic E-state index is -0.126. The molecule has 1 heterocycles. The average Bonchev–Trinajstić information content (AvgIpc) is 2.68. The maximum absolute atomic E-state index is 12.1. The number of aromatic amines is 1. The van der Waals surface area contributed by atoms with Crippen molar-refractivity contribution in [3.8, 4) is 11.5 Å². The maximum atomic E-state index is 12.1. The Morgan fingerprint density at radius 3 is 2.35 bits per heavy atom. The first-order chi connectivity index (χ1) is 12.8. The highest BCUT2D eigenvalue weighted by Crippen LogP contribution is 2.22. The fourth-order valence-electron chi connectivity index (χ4n) is 2.67. The quantitative estimate of drug-likeness (QED) is 0.566. The van der Waals surface area contributed by atoms with Gasteiger partial charge in [0.15, 0.2) is 0 Å². The van der Waals surface area contributed by atoms with Gasteiger partial charge in [-0.05, 0) is 48.5 Å². The topological polar surface area (TPSA) is 67.0 Å². The molecule has 0 aliphatic carbocycles. The van der Waals surface area contributed by atoms with Crippen LogP contribution >= 0.6 is 0 Å². The van der Waals surface area contributed by atoms with Crippen LogP contribution in [0.5, 0.6) is 11.5 Å². The third-order valence-corrected chi connectivity index (χ3v) is 3.96. The average molecular weight is 343 g/mol. The Hall–Kier alpha value is -3.60. The van der Waals surface area contributed by atoms with Gasteiger partial charge in [-0.15, -0.1) is 0 Å². The molecule has 128 valence electrons. The Labute approximate surface area is 150 Å². The molecule has 0 radical (unpaired) electrons. The van der Waals surface area contributed by atoms with Crippen molar-refractivity contribution in [2.45, 2.75) is 6.54 Å². The van der Waals surface area contributed by atoms with E-state index < -0.39 is 0 Å². The first-order valence-corrected chi connectivity index (χ1v) is 8.33. The predicted molar refractivity (Wildman–Crippen MR) is 103 cm³/mol. The molecule has 5 heteroatoms. The van der Waals surface area contributed by atoms with Crippen LogP contribution in [-0.4, -0.2) is 9.97 Å². The van der Waals surface area contributed by atoms with Crippen molar-refractivity contribution in [1.29, 1.82) is 0 Å². The molecule has 2 N–H and O–H groups in total. The van der Waals surface area contributed by atoms with Crippen molar-refractivity contribution in [2.24, 2.45) is 0 Å². The molecule has 4 aromatic rings. The predicted octanol–water partition coefficient (Wildman–Crippen LogP) is 4.33. The second kappa shape index (κ2) is 7.11. The van der Waals surface area contributed by atoms with Gasteiger partial charge in [0.1, 0.15) is 17.3 Å². The van der Waals surface area contributed by atoms with Gasteiger partial charge in [-0.2, -0.15) is 0 Å². The first kappa shape index (κ1) is 15.9. The van der Waals surface area contributed by atoms with Crippen LogP contribution < -0.4 is 15.6 Å². The lowest BCUT2D eigenvalue weighted by Crippen LogP contribution is -2.14. The van der Waals surface area contributed by atoms with E-state index in [4.69, 9.17) is 4.74 Å². The zero-order chi connectivity index (χ0) is 17.8. The van der Waals surface area contributed by atoms with Crippen molar-refractivity contribution < 1.29 is 4.74 Å². The lowest BCUT2D eigenvalue weighted by atomic mass is 10.2. The molecule has 0 unspecified atom stereocenters. The minimum absolute atomic E-state index is 0.126. The van der Waals surface area contributed by atoms with E-state index in [1.165, 1.54) is 0 Å². The molecule has 5 nitrogen and oxygen atoms in total. The normalized spacial score (nSPS) is 10.6. The van der Waals surface area contributed by atoms with E-state index in [-0.39, 0.29) is 5.56 Å². The molecule has 0 aliphatic rings. The number of nitrogens with one attached hydrogen (secondary N) is 2. The molecule has 4 rings (SSSR count). The monoisotopic (exact) mass is 343 g/mol. The number of para-hydroxylation sites is 2. The van der Waals surface area contributed by atoms with Gasteiger partial charge in [0.05, 0.1) is 17.4 Å². The number of ether oxygens (including phenoxy) is 1. The number of fused-ring (bicyclic) bond motifs is 1.